The second-order valence-electron chi connectivity index (χ2n) is 6.71. The molecular formula is C16H21N5O. The average molecular weight is 299 g/mol. The van der Waals surface area contributed by atoms with Crippen molar-refractivity contribution in [3.8, 4) is 0 Å². The molecule has 0 unspecified atom stereocenters. The number of aromatic nitrogens is 3. The number of nitrogens with zero attached hydrogens (tertiary/aromatic N) is 5. The molecule has 2 aliphatic heterocycles. The van der Waals surface area contributed by atoms with Gasteiger partial charge in [0, 0.05) is 31.9 Å². The van der Waals surface area contributed by atoms with E-state index in [0.29, 0.717) is 12.1 Å². The van der Waals surface area contributed by atoms with Gasteiger partial charge in [-0.15, -0.1) is 10.2 Å². The number of pyridine rings is 1. The molecule has 3 aliphatic rings. The molecule has 0 radical (unpaired) electrons. The van der Waals surface area contributed by atoms with Gasteiger partial charge in [0.25, 0.3) is 0 Å². The van der Waals surface area contributed by atoms with Gasteiger partial charge in [-0.3, -0.25) is 9.30 Å². The molecule has 1 aliphatic carbocycles. The van der Waals surface area contributed by atoms with E-state index in [1.54, 1.807) is 0 Å². The van der Waals surface area contributed by atoms with Crippen molar-refractivity contribution < 1.29 is 4.74 Å². The van der Waals surface area contributed by atoms with E-state index in [-0.39, 0.29) is 0 Å². The first-order valence-electron chi connectivity index (χ1n) is 8.28. The molecule has 0 aromatic carbocycles. The fourth-order valence-electron chi connectivity index (χ4n) is 3.99. The van der Waals surface area contributed by atoms with E-state index in [1.807, 2.05) is 24.4 Å². The van der Waals surface area contributed by atoms with E-state index in [2.05, 4.69) is 24.4 Å². The summed E-state index contributed by atoms with van der Waals surface area (Å²) in [6, 6.07) is 7.17. The molecule has 6 nitrogen and oxygen atoms in total. The molecule has 0 N–H and O–H groups in total. The van der Waals surface area contributed by atoms with Crippen LogP contribution in [0.1, 0.15) is 12.8 Å². The fourth-order valence-corrected chi connectivity index (χ4v) is 3.99. The number of hydrogen-bond donors (Lipinski definition) is 0. The molecule has 0 spiro atoms. The molecule has 2 atom stereocenters. The standard InChI is InChI=1S/C16H21N5O/c1-2-6-21-15(3-1)17-18-16(21)19-7-8-20-13(9-19)10-22-11-14(20)12-4-5-12/h1-3,6,12-14H,4-5,7-11H2/t13-,14-/m1/s1. The van der Waals surface area contributed by atoms with Crippen LogP contribution < -0.4 is 4.90 Å². The highest BCUT2D eigenvalue weighted by molar-refractivity contribution is 5.46. The Hall–Kier alpha value is -1.66. The van der Waals surface area contributed by atoms with Crippen LogP contribution in [0.4, 0.5) is 5.95 Å². The zero-order chi connectivity index (χ0) is 14.5. The van der Waals surface area contributed by atoms with Gasteiger partial charge >= 0.3 is 0 Å². The van der Waals surface area contributed by atoms with Gasteiger partial charge in [-0.25, -0.2) is 0 Å². The maximum Gasteiger partial charge on any atom is 0.231 e. The van der Waals surface area contributed by atoms with Crippen molar-refractivity contribution in [3.63, 3.8) is 0 Å². The lowest BCUT2D eigenvalue weighted by atomic mass is 10.0. The van der Waals surface area contributed by atoms with Crippen LogP contribution in [0.3, 0.4) is 0 Å². The minimum absolute atomic E-state index is 0.490. The second-order valence-corrected chi connectivity index (χ2v) is 6.71. The fraction of sp³-hybridized carbons (Fsp3) is 0.625. The summed E-state index contributed by atoms with van der Waals surface area (Å²) in [7, 11) is 0. The zero-order valence-corrected chi connectivity index (χ0v) is 12.6. The molecule has 22 heavy (non-hydrogen) atoms. The summed E-state index contributed by atoms with van der Waals surface area (Å²) < 4.78 is 7.98. The SMILES string of the molecule is c1ccn2c(N3CCN4[C@@H](COC[C@@H]4C4CC4)C3)nnc2c1. The smallest absolute Gasteiger partial charge is 0.231 e. The quantitative estimate of drug-likeness (QED) is 0.829. The van der Waals surface area contributed by atoms with E-state index < -0.39 is 0 Å². The Kier molecular flexibility index (Phi) is 2.88. The van der Waals surface area contributed by atoms with Gasteiger partial charge in [0.1, 0.15) is 0 Å². The Morgan fingerprint density at radius 1 is 1.09 bits per heavy atom. The largest absolute Gasteiger partial charge is 0.378 e. The van der Waals surface area contributed by atoms with Gasteiger partial charge in [0.2, 0.25) is 5.95 Å². The molecule has 5 rings (SSSR count). The van der Waals surface area contributed by atoms with Crippen molar-refractivity contribution in [2.75, 3.05) is 37.7 Å². The first kappa shape index (κ1) is 12.8. The van der Waals surface area contributed by atoms with Crippen LogP contribution in [0.25, 0.3) is 5.65 Å². The van der Waals surface area contributed by atoms with Crippen molar-refractivity contribution in [1.29, 1.82) is 0 Å². The number of morpholine rings is 1. The van der Waals surface area contributed by atoms with Crippen molar-refractivity contribution >= 4 is 11.6 Å². The van der Waals surface area contributed by atoms with Crippen molar-refractivity contribution in [3.05, 3.63) is 24.4 Å². The monoisotopic (exact) mass is 299 g/mol. The number of anilines is 1. The molecule has 3 fully saturated rings. The van der Waals surface area contributed by atoms with Gasteiger partial charge < -0.3 is 9.64 Å². The molecule has 0 amide bonds. The van der Waals surface area contributed by atoms with Gasteiger partial charge in [-0.1, -0.05) is 6.07 Å². The van der Waals surface area contributed by atoms with Crippen LogP contribution in [-0.2, 0) is 4.74 Å². The third-order valence-corrected chi connectivity index (χ3v) is 5.30. The molecule has 2 aromatic heterocycles. The predicted octanol–water partition coefficient (Wildman–Crippen LogP) is 1.03. The van der Waals surface area contributed by atoms with Crippen molar-refractivity contribution in [2.24, 2.45) is 5.92 Å². The Bertz CT molecular complexity index is 682. The molecule has 2 saturated heterocycles. The van der Waals surface area contributed by atoms with E-state index >= 15 is 0 Å². The summed E-state index contributed by atoms with van der Waals surface area (Å²) in [4.78, 5) is 5.06. The highest BCUT2D eigenvalue weighted by Gasteiger charge is 2.43. The topological polar surface area (TPSA) is 45.9 Å². The van der Waals surface area contributed by atoms with E-state index in [0.717, 1.165) is 50.4 Å². The number of ether oxygens (including phenoxy) is 1. The second kappa shape index (κ2) is 4.93. The van der Waals surface area contributed by atoms with Crippen LogP contribution in [0, 0.1) is 5.92 Å². The van der Waals surface area contributed by atoms with E-state index in [9.17, 15) is 0 Å². The maximum absolute atomic E-state index is 5.89. The maximum atomic E-state index is 5.89. The minimum atomic E-state index is 0.490. The first-order chi connectivity index (χ1) is 10.9. The minimum Gasteiger partial charge on any atom is -0.378 e. The Morgan fingerprint density at radius 2 is 2.05 bits per heavy atom. The summed E-state index contributed by atoms with van der Waals surface area (Å²) in [6.07, 6.45) is 4.81. The highest BCUT2D eigenvalue weighted by atomic mass is 16.5. The summed E-state index contributed by atoms with van der Waals surface area (Å²) >= 11 is 0. The predicted molar refractivity (Wildman–Crippen MR) is 83.0 cm³/mol. The van der Waals surface area contributed by atoms with Crippen LogP contribution in [0.2, 0.25) is 0 Å². The van der Waals surface area contributed by atoms with Crippen LogP contribution in [0.5, 0.6) is 0 Å². The summed E-state index contributed by atoms with van der Waals surface area (Å²) in [5, 5.41) is 8.68. The molecule has 0 bridgehead atoms. The molecule has 116 valence electrons. The van der Waals surface area contributed by atoms with Crippen molar-refractivity contribution in [1.82, 2.24) is 19.5 Å². The normalized spacial score (nSPS) is 29.7. The van der Waals surface area contributed by atoms with E-state index in [4.69, 9.17) is 4.74 Å². The van der Waals surface area contributed by atoms with Gasteiger partial charge in [-0.2, -0.15) is 0 Å². The van der Waals surface area contributed by atoms with Gasteiger partial charge in [0.05, 0.1) is 19.3 Å². The number of rotatable bonds is 2. The molecule has 1 saturated carbocycles. The van der Waals surface area contributed by atoms with Crippen LogP contribution in [0.15, 0.2) is 24.4 Å². The molecule has 2 aromatic rings. The van der Waals surface area contributed by atoms with Crippen LogP contribution in [-0.4, -0.2) is 64.4 Å². The third-order valence-electron chi connectivity index (χ3n) is 5.30. The number of fused-ring (bicyclic) bond motifs is 2. The Labute approximate surface area is 129 Å². The lowest BCUT2D eigenvalue weighted by Gasteiger charge is -2.48. The van der Waals surface area contributed by atoms with Crippen molar-refractivity contribution in [2.45, 2.75) is 24.9 Å². The van der Waals surface area contributed by atoms with Crippen LogP contribution >= 0.6 is 0 Å². The Morgan fingerprint density at radius 3 is 2.95 bits per heavy atom. The summed E-state index contributed by atoms with van der Waals surface area (Å²) in [5.74, 6) is 1.84. The number of piperazine rings is 1. The summed E-state index contributed by atoms with van der Waals surface area (Å²) in [6.45, 7) is 4.89. The molecular weight excluding hydrogens is 278 g/mol. The highest BCUT2D eigenvalue weighted by Crippen LogP contribution is 2.38. The average Bonchev–Trinajstić information content (AvgIpc) is 3.32. The summed E-state index contributed by atoms with van der Waals surface area (Å²) in [5.41, 5.74) is 0.913. The molecule has 4 heterocycles. The third kappa shape index (κ3) is 2.01. The van der Waals surface area contributed by atoms with E-state index in [1.165, 1.54) is 12.8 Å². The first-order valence-corrected chi connectivity index (χ1v) is 8.28. The number of hydrogen-bond acceptors (Lipinski definition) is 5. The molecule has 6 heteroatoms. The van der Waals surface area contributed by atoms with Gasteiger partial charge in [-0.05, 0) is 30.9 Å². The zero-order valence-electron chi connectivity index (χ0n) is 12.6. The lowest BCUT2D eigenvalue weighted by Crippen LogP contribution is -2.62. The van der Waals surface area contributed by atoms with Gasteiger partial charge in [0.15, 0.2) is 5.65 Å². The lowest BCUT2D eigenvalue weighted by molar-refractivity contribution is -0.0604. The Balaban J connectivity index is 1.40.